The van der Waals surface area contributed by atoms with Gasteiger partial charge in [-0.3, -0.25) is 9.48 Å². The highest BCUT2D eigenvalue weighted by molar-refractivity contribution is 5.76. The summed E-state index contributed by atoms with van der Waals surface area (Å²) in [7, 11) is 0. The molecular weight excluding hydrogens is 228 g/mol. The van der Waals surface area contributed by atoms with Gasteiger partial charge in [0.05, 0.1) is 0 Å². The second kappa shape index (κ2) is 5.89. The summed E-state index contributed by atoms with van der Waals surface area (Å²) in [5, 5.41) is 4.04. The first-order valence-corrected chi connectivity index (χ1v) is 6.75. The average molecular weight is 250 g/mol. The number of nitrogens with zero attached hydrogens (tertiary/aromatic N) is 3. The summed E-state index contributed by atoms with van der Waals surface area (Å²) in [4.78, 5) is 14.0. The Kier molecular flexibility index (Phi) is 4.23. The largest absolute Gasteiger partial charge is 0.382 e. The predicted octanol–water partition coefficient (Wildman–Crippen LogP) is 1.50. The number of hydrogen-bond acceptors (Lipinski definition) is 3. The molecule has 0 spiro atoms. The van der Waals surface area contributed by atoms with E-state index in [1.54, 1.807) is 16.9 Å². The van der Waals surface area contributed by atoms with Crippen molar-refractivity contribution in [3.05, 3.63) is 12.3 Å². The summed E-state index contributed by atoms with van der Waals surface area (Å²) in [6.07, 6.45) is 6.56. The molecule has 0 unspecified atom stereocenters. The average Bonchev–Trinajstić information content (AvgIpc) is 2.76. The van der Waals surface area contributed by atoms with Crippen molar-refractivity contribution in [3.63, 3.8) is 0 Å². The van der Waals surface area contributed by atoms with E-state index in [2.05, 4.69) is 12.0 Å². The van der Waals surface area contributed by atoms with Gasteiger partial charge < -0.3 is 10.6 Å². The Bertz CT molecular complexity index is 393. The molecule has 1 amide bonds. The van der Waals surface area contributed by atoms with Crippen LogP contribution in [-0.2, 0) is 11.3 Å². The van der Waals surface area contributed by atoms with E-state index in [-0.39, 0.29) is 5.91 Å². The van der Waals surface area contributed by atoms with Gasteiger partial charge in [-0.2, -0.15) is 5.10 Å². The van der Waals surface area contributed by atoms with E-state index in [0.717, 1.165) is 31.8 Å². The van der Waals surface area contributed by atoms with Crippen molar-refractivity contribution >= 4 is 11.7 Å². The molecular formula is C13H22N4O. The minimum Gasteiger partial charge on any atom is -0.382 e. The lowest BCUT2D eigenvalue weighted by Gasteiger charge is -2.31. The van der Waals surface area contributed by atoms with Crippen LogP contribution in [0.15, 0.2) is 12.3 Å². The first-order chi connectivity index (χ1) is 8.69. The van der Waals surface area contributed by atoms with Crippen molar-refractivity contribution in [2.24, 2.45) is 5.92 Å². The molecule has 0 aliphatic carbocycles. The standard InChI is InChI=1S/C13H22N4O/c1-2-3-11-4-7-16(8-5-11)13(18)10-17-9-6-12(14)15-17/h6,9,11H,2-5,7-8,10H2,1H3,(H2,14,15). The lowest BCUT2D eigenvalue weighted by Crippen LogP contribution is -2.40. The third-order valence-corrected chi connectivity index (χ3v) is 3.62. The Balaban J connectivity index is 1.80. The highest BCUT2D eigenvalue weighted by Gasteiger charge is 2.22. The van der Waals surface area contributed by atoms with E-state index in [0.29, 0.717) is 12.4 Å². The van der Waals surface area contributed by atoms with E-state index < -0.39 is 0 Å². The zero-order valence-corrected chi connectivity index (χ0v) is 11.0. The van der Waals surface area contributed by atoms with Crippen molar-refractivity contribution in [2.45, 2.75) is 39.2 Å². The molecule has 0 radical (unpaired) electrons. The molecule has 1 fully saturated rings. The molecule has 0 bridgehead atoms. The predicted molar refractivity (Wildman–Crippen MR) is 70.9 cm³/mol. The normalized spacial score (nSPS) is 17.1. The van der Waals surface area contributed by atoms with Crippen LogP contribution in [0.5, 0.6) is 0 Å². The summed E-state index contributed by atoms with van der Waals surface area (Å²) in [6, 6.07) is 1.71. The summed E-state index contributed by atoms with van der Waals surface area (Å²) in [5.74, 6) is 1.41. The number of carbonyl (C=O) groups excluding carboxylic acids is 1. The van der Waals surface area contributed by atoms with Gasteiger partial charge in [-0.25, -0.2) is 0 Å². The van der Waals surface area contributed by atoms with Gasteiger partial charge in [0, 0.05) is 19.3 Å². The number of amides is 1. The van der Waals surface area contributed by atoms with Gasteiger partial charge in [-0.15, -0.1) is 0 Å². The Morgan fingerprint density at radius 3 is 2.78 bits per heavy atom. The fraction of sp³-hybridized carbons (Fsp3) is 0.692. The number of piperidine rings is 1. The Hall–Kier alpha value is -1.52. The molecule has 1 aliphatic heterocycles. The van der Waals surface area contributed by atoms with Gasteiger partial charge >= 0.3 is 0 Å². The minimum absolute atomic E-state index is 0.146. The summed E-state index contributed by atoms with van der Waals surface area (Å²) >= 11 is 0. The van der Waals surface area contributed by atoms with E-state index in [4.69, 9.17) is 5.73 Å². The number of carbonyl (C=O) groups is 1. The fourth-order valence-corrected chi connectivity index (χ4v) is 2.58. The number of nitrogens with two attached hydrogens (primary N) is 1. The van der Waals surface area contributed by atoms with Crippen LogP contribution in [0.2, 0.25) is 0 Å². The molecule has 2 N–H and O–H groups in total. The first kappa shape index (κ1) is 12.9. The number of nitrogen functional groups attached to an aromatic ring is 1. The summed E-state index contributed by atoms with van der Waals surface area (Å²) in [6.45, 7) is 4.30. The van der Waals surface area contributed by atoms with Crippen molar-refractivity contribution in [1.29, 1.82) is 0 Å². The summed E-state index contributed by atoms with van der Waals surface area (Å²) in [5.41, 5.74) is 5.53. The zero-order chi connectivity index (χ0) is 13.0. The monoisotopic (exact) mass is 250 g/mol. The van der Waals surface area contributed by atoms with Crippen LogP contribution < -0.4 is 5.73 Å². The number of likely N-dealkylation sites (tertiary alicyclic amines) is 1. The molecule has 18 heavy (non-hydrogen) atoms. The first-order valence-electron chi connectivity index (χ1n) is 6.75. The topological polar surface area (TPSA) is 64.2 Å². The lowest BCUT2D eigenvalue weighted by atomic mass is 9.92. The molecule has 5 nitrogen and oxygen atoms in total. The molecule has 100 valence electrons. The van der Waals surface area contributed by atoms with Crippen molar-refractivity contribution in [2.75, 3.05) is 18.8 Å². The number of hydrogen-bond donors (Lipinski definition) is 1. The second-order valence-electron chi connectivity index (χ2n) is 5.05. The van der Waals surface area contributed by atoms with Gasteiger partial charge in [-0.1, -0.05) is 19.8 Å². The van der Waals surface area contributed by atoms with E-state index in [1.165, 1.54) is 12.8 Å². The molecule has 1 aromatic heterocycles. The molecule has 1 aromatic rings. The van der Waals surface area contributed by atoms with Gasteiger partial charge in [0.25, 0.3) is 0 Å². The molecule has 0 aromatic carbocycles. The second-order valence-corrected chi connectivity index (χ2v) is 5.05. The van der Waals surface area contributed by atoms with E-state index in [9.17, 15) is 4.79 Å². The molecule has 1 saturated heterocycles. The third kappa shape index (κ3) is 3.24. The van der Waals surface area contributed by atoms with Gasteiger partial charge in [0.2, 0.25) is 5.91 Å². The maximum atomic E-state index is 12.1. The van der Waals surface area contributed by atoms with Gasteiger partial charge in [-0.05, 0) is 24.8 Å². The summed E-state index contributed by atoms with van der Waals surface area (Å²) < 4.78 is 1.61. The van der Waals surface area contributed by atoms with E-state index >= 15 is 0 Å². The molecule has 1 aliphatic rings. The molecule has 0 atom stereocenters. The highest BCUT2D eigenvalue weighted by atomic mass is 16.2. The Morgan fingerprint density at radius 2 is 2.22 bits per heavy atom. The van der Waals surface area contributed by atoms with Crippen LogP contribution in [0.3, 0.4) is 0 Å². The van der Waals surface area contributed by atoms with Crippen LogP contribution in [-0.4, -0.2) is 33.7 Å². The van der Waals surface area contributed by atoms with Gasteiger partial charge in [0.15, 0.2) is 0 Å². The molecule has 2 heterocycles. The Labute approximate surface area is 108 Å². The lowest BCUT2D eigenvalue weighted by molar-refractivity contribution is -0.133. The van der Waals surface area contributed by atoms with Crippen LogP contribution in [0, 0.1) is 5.92 Å². The number of anilines is 1. The SMILES string of the molecule is CCCC1CCN(C(=O)Cn2ccc(N)n2)CC1. The van der Waals surface area contributed by atoms with Gasteiger partial charge in [0.1, 0.15) is 12.4 Å². The third-order valence-electron chi connectivity index (χ3n) is 3.62. The minimum atomic E-state index is 0.146. The van der Waals surface area contributed by atoms with Crippen molar-refractivity contribution < 1.29 is 4.79 Å². The smallest absolute Gasteiger partial charge is 0.244 e. The Morgan fingerprint density at radius 1 is 1.50 bits per heavy atom. The van der Waals surface area contributed by atoms with Crippen LogP contribution in [0.4, 0.5) is 5.82 Å². The number of aromatic nitrogens is 2. The molecule has 0 saturated carbocycles. The number of rotatable bonds is 4. The zero-order valence-electron chi connectivity index (χ0n) is 11.0. The van der Waals surface area contributed by atoms with Crippen LogP contribution in [0.25, 0.3) is 0 Å². The van der Waals surface area contributed by atoms with Crippen LogP contribution in [0.1, 0.15) is 32.6 Å². The van der Waals surface area contributed by atoms with Crippen molar-refractivity contribution in [1.82, 2.24) is 14.7 Å². The fourth-order valence-electron chi connectivity index (χ4n) is 2.58. The van der Waals surface area contributed by atoms with E-state index in [1.807, 2.05) is 4.90 Å². The quantitative estimate of drug-likeness (QED) is 0.880. The molecule has 5 heteroatoms. The molecule has 2 rings (SSSR count). The highest BCUT2D eigenvalue weighted by Crippen LogP contribution is 2.21. The van der Waals surface area contributed by atoms with Crippen LogP contribution >= 0.6 is 0 Å². The van der Waals surface area contributed by atoms with Crippen molar-refractivity contribution in [3.8, 4) is 0 Å². The maximum Gasteiger partial charge on any atom is 0.244 e. The maximum absolute atomic E-state index is 12.1.